The molecule has 2 aromatic rings. The second-order valence-corrected chi connectivity index (χ2v) is 6.11. The molecule has 22 heavy (non-hydrogen) atoms. The highest BCUT2D eigenvalue weighted by atomic mass is 16.3. The Balaban J connectivity index is 2.57. The zero-order valence-electron chi connectivity index (χ0n) is 14.3. The first kappa shape index (κ1) is 16.7. The van der Waals surface area contributed by atoms with Crippen LogP contribution in [0.3, 0.4) is 0 Å². The minimum atomic E-state index is -0.0586. The van der Waals surface area contributed by atoms with E-state index in [2.05, 4.69) is 59.1 Å². The molecule has 112 valence electrons. The van der Waals surface area contributed by atoms with Crippen LogP contribution < -0.4 is 10.9 Å². The molecule has 0 heterocycles. The van der Waals surface area contributed by atoms with Crippen molar-refractivity contribution in [3.63, 3.8) is 0 Å². The summed E-state index contributed by atoms with van der Waals surface area (Å²) in [5.74, 6) is 0.344. The number of phenolic OH excluding ortho intramolecular Hbond substituents is 1. The molecule has 0 aliphatic rings. The minimum absolute atomic E-state index is 0.0586. The first-order valence-electron chi connectivity index (χ1n) is 7.99. The first-order valence-corrected chi connectivity index (χ1v) is 7.99. The molecular formula is C19H24B2O. The number of hydrogen-bond acceptors (Lipinski definition) is 1. The minimum Gasteiger partial charge on any atom is -0.509 e. The lowest BCUT2D eigenvalue weighted by Crippen LogP contribution is -2.27. The van der Waals surface area contributed by atoms with E-state index >= 15 is 0 Å². The molecule has 0 amide bonds. The summed E-state index contributed by atoms with van der Waals surface area (Å²) in [4.78, 5) is 0. The summed E-state index contributed by atoms with van der Waals surface area (Å²) in [6, 6.07) is 12.7. The molecule has 1 unspecified atom stereocenters. The second kappa shape index (κ2) is 6.64. The predicted molar refractivity (Wildman–Crippen MR) is 98.5 cm³/mol. The molecular weight excluding hydrogens is 266 g/mol. The maximum Gasteiger partial charge on any atom is 0.153 e. The number of aryl methyl sites for hydroxylation is 1. The third-order valence-electron chi connectivity index (χ3n) is 4.91. The van der Waals surface area contributed by atoms with Crippen LogP contribution in [0.4, 0.5) is 0 Å². The van der Waals surface area contributed by atoms with Gasteiger partial charge in [0.1, 0.15) is 13.0 Å². The fourth-order valence-corrected chi connectivity index (χ4v) is 3.00. The molecule has 0 fully saturated rings. The standard InChI is InChI=1S/C19H24B2O/c1-6-19(3,14-8-7-13(2)16(11-14)20-4)15-9-10-18(22)17(12-15)21-5/h7-12,22H,6H2,1-5H3. The Hall–Kier alpha value is -1.63. The normalized spacial score (nSPS) is 13.5. The van der Waals surface area contributed by atoms with E-state index in [4.69, 9.17) is 0 Å². The molecule has 1 nitrogen and oxygen atoms in total. The van der Waals surface area contributed by atoms with E-state index in [1.807, 2.05) is 20.2 Å². The van der Waals surface area contributed by atoms with Gasteiger partial charge in [0.05, 0.1) is 0 Å². The van der Waals surface area contributed by atoms with Crippen molar-refractivity contribution in [3.05, 3.63) is 53.1 Å². The Labute approximate surface area is 136 Å². The quantitative estimate of drug-likeness (QED) is 0.839. The van der Waals surface area contributed by atoms with Crippen LogP contribution in [-0.4, -0.2) is 19.7 Å². The van der Waals surface area contributed by atoms with E-state index in [0.717, 1.165) is 11.9 Å². The molecule has 2 rings (SSSR count). The molecule has 0 aliphatic heterocycles. The smallest absolute Gasteiger partial charge is 0.153 e. The lowest BCUT2D eigenvalue weighted by molar-refractivity contribution is 0.478. The van der Waals surface area contributed by atoms with Crippen molar-refractivity contribution in [1.29, 1.82) is 0 Å². The largest absolute Gasteiger partial charge is 0.509 e. The zero-order valence-corrected chi connectivity index (χ0v) is 14.3. The van der Waals surface area contributed by atoms with Gasteiger partial charge in [0.25, 0.3) is 0 Å². The van der Waals surface area contributed by atoms with Crippen LogP contribution in [0.1, 0.15) is 37.0 Å². The number of phenols is 1. The van der Waals surface area contributed by atoms with Crippen molar-refractivity contribution in [2.75, 3.05) is 0 Å². The van der Waals surface area contributed by atoms with Crippen LogP contribution in [-0.2, 0) is 5.41 Å². The van der Waals surface area contributed by atoms with Crippen LogP contribution in [0.2, 0.25) is 13.6 Å². The Morgan fingerprint density at radius 1 is 0.955 bits per heavy atom. The summed E-state index contributed by atoms with van der Waals surface area (Å²) in [7, 11) is 4.12. The molecule has 1 atom stereocenters. The monoisotopic (exact) mass is 290 g/mol. The van der Waals surface area contributed by atoms with Gasteiger partial charge >= 0.3 is 0 Å². The average molecular weight is 290 g/mol. The van der Waals surface area contributed by atoms with E-state index in [1.165, 1.54) is 22.2 Å². The molecule has 0 aromatic heterocycles. The summed E-state index contributed by atoms with van der Waals surface area (Å²) in [6.07, 6.45) is 1.01. The molecule has 0 spiro atoms. The lowest BCUT2D eigenvalue weighted by Gasteiger charge is -2.31. The number of aromatic hydroxyl groups is 1. The molecule has 0 aliphatic carbocycles. The summed E-state index contributed by atoms with van der Waals surface area (Å²) in [5, 5.41) is 9.93. The fourth-order valence-electron chi connectivity index (χ4n) is 3.00. The summed E-state index contributed by atoms with van der Waals surface area (Å²) < 4.78 is 0. The van der Waals surface area contributed by atoms with E-state index < -0.39 is 0 Å². The molecule has 2 aromatic carbocycles. The van der Waals surface area contributed by atoms with Gasteiger partial charge in [-0.05, 0) is 36.0 Å². The van der Waals surface area contributed by atoms with Gasteiger partial charge in [0.2, 0.25) is 0 Å². The van der Waals surface area contributed by atoms with E-state index in [-0.39, 0.29) is 5.41 Å². The number of benzene rings is 2. The zero-order chi connectivity index (χ0) is 16.3. The average Bonchev–Trinajstić information content (AvgIpc) is 2.55. The van der Waals surface area contributed by atoms with Crippen molar-refractivity contribution in [2.45, 2.75) is 46.3 Å². The summed E-state index contributed by atoms with van der Waals surface area (Å²) in [6.45, 7) is 10.7. The van der Waals surface area contributed by atoms with E-state index in [1.54, 1.807) is 6.07 Å². The Morgan fingerprint density at radius 2 is 1.50 bits per heavy atom. The third kappa shape index (κ3) is 2.95. The van der Waals surface area contributed by atoms with Crippen LogP contribution in [0.25, 0.3) is 0 Å². The van der Waals surface area contributed by atoms with E-state index in [9.17, 15) is 5.11 Å². The van der Waals surface area contributed by atoms with Crippen molar-refractivity contribution < 1.29 is 5.11 Å². The maximum atomic E-state index is 9.93. The number of hydrogen-bond donors (Lipinski definition) is 1. The van der Waals surface area contributed by atoms with Gasteiger partial charge in [-0.25, -0.2) is 0 Å². The van der Waals surface area contributed by atoms with Crippen LogP contribution in [0, 0.1) is 6.92 Å². The Bertz CT molecular complexity index is 611. The molecule has 0 saturated heterocycles. The third-order valence-corrected chi connectivity index (χ3v) is 4.91. The highest BCUT2D eigenvalue weighted by Crippen LogP contribution is 2.35. The van der Waals surface area contributed by atoms with Gasteiger partial charge in [-0.3, -0.25) is 0 Å². The number of rotatable bonds is 5. The van der Waals surface area contributed by atoms with Crippen LogP contribution in [0.15, 0.2) is 36.4 Å². The van der Waals surface area contributed by atoms with Gasteiger partial charge in [0.15, 0.2) is 7.28 Å². The first-order chi connectivity index (χ1) is 10.5. The summed E-state index contributed by atoms with van der Waals surface area (Å²) in [5.41, 5.74) is 5.99. The van der Waals surface area contributed by atoms with Gasteiger partial charge in [-0.2, -0.15) is 0 Å². The molecule has 2 radical (unpaired) electrons. The van der Waals surface area contributed by atoms with Crippen molar-refractivity contribution in [1.82, 2.24) is 0 Å². The molecule has 1 N–H and O–H groups in total. The lowest BCUT2D eigenvalue weighted by atomic mass is 9.65. The maximum absolute atomic E-state index is 9.93. The topological polar surface area (TPSA) is 20.2 Å². The molecule has 0 bridgehead atoms. The van der Waals surface area contributed by atoms with Crippen molar-refractivity contribution >= 4 is 25.5 Å². The second-order valence-electron chi connectivity index (χ2n) is 6.11. The van der Waals surface area contributed by atoms with Gasteiger partial charge in [-0.1, -0.05) is 68.9 Å². The SMILES string of the molecule is C[B]c1cc(C(C)(CC)c2ccc(O)c([B]C)c2)ccc1C. The van der Waals surface area contributed by atoms with Crippen LogP contribution >= 0.6 is 0 Å². The predicted octanol–water partition coefficient (Wildman–Crippen LogP) is 3.17. The highest BCUT2D eigenvalue weighted by molar-refractivity contribution is 6.53. The Morgan fingerprint density at radius 3 is 2.05 bits per heavy atom. The Kier molecular flexibility index (Phi) is 5.05. The molecule has 3 heteroatoms. The fraction of sp³-hybridized carbons (Fsp3) is 0.368. The van der Waals surface area contributed by atoms with Crippen molar-refractivity contribution in [3.8, 4) is 5.75 Å². The van der Waals surface area contributed by atoms with Crippen molar-refractivity contribution in [2.24, 2.45) is 0 Å². The molecule has 0 saturated carbocycles. The summed E-state index contributed by atoms with van der Waals surface area (Å²) >= 11 is 0. The highest BCUT2D eigenvalue weighted by Gasteiger charge is 2.27. The van der Waals surface area contributed by atoms with Gasteiger partial charge in [0, 0.05) is 5.41 Å². The van der Waals surface area contributed by atoms with Gasteiger partial charge < -0.3 is 5.11 Å². The van der Waals surface area contributed by atoms with E-state index in [0.29, 0.717) is 5.75 Å². The van der Waals surface area contributed by atoms with Crippen LogP contribution in [0.5, 0.6) is 5.75 Å². The van der Waals surface area contributed by atoms with Gasteiger partial charge in [-0.15, -0.1) is 0 Å².